The maximum atomic E-state index is 12.6. The molecule has 4 rings (SSSR count). The van der Waals surface area contributed by atoms with Gasteiger partial charge in [0.25, 0.3) is 6.43 Å². The molecule has 23 heavy (non-hydrogen) atoms. The molecule has 2 atom stereocenters. The summed E-state index contributed by atoms with van der Waals surface area (Å²) < 4.78 is 28.9. The van der Waals surface area contributed by atoms with Crippen LogP contribution in [-0.2, 0) is 6.54 Å². The molecule has 0 radical (unpaired) electrons. The highest BCUT2D eigenvalue weighted by Crippen LogP contribution is 2.34. The first kappa shape index (κ1) is 15.4. The van der Waals surface area contributed by atoms with Gasteiger partial charge in [-0.25, -0.2) is 26.5 Å². The Morgan fingerprint density at radius 3 is 2.87 bits per heavy atom. The van der Waals surface area contributed by atoms with Crippen LogP contribution in [0.1, 0.15) is 6.42 Å². The first-order chi connectivity index (χ1) is 11.1. The van der Waals surface area contributed by atoms with Crippen LogP contribution in [0.4, 0.5) is 14.6 Å². The molecule has 2 aliphatic rings. The lowest BCUT2D eigenvalue weighted by atomic mass is 9.90. The normalized spacial score (nSPS) is 25.5. The lowest BCUT2D eigenvalue weighted by Crippen LogP contribution is -2.33. The third-order valence-electron chi connectivity index (χ3n) is 4.72. The maximum absolute atomic E-state index is 12.6. The Kier molecular flexibility index (Phi) is 4.08. The van der Waals surface area contributed by atoms with Gasteiger partial charge in [-0.15, -0.1) is 0 Å². The average molecular weight is 434 g/mol. The zero-order valence-corrected chi connectivity index (χ0v) is 14.6. The van der Waals surface area contributed by atoms with Crippen LogP contribution in [-0.4, -0.2) is 55.5 Å². The molecule has 0 aromatic carbocycles. The largest absolute Gasteiger partial charge is 0.355 e. The van der Waals surface area contributed by atoms with E-state index in [-0.39, 0.29) is 0 Å². The van der Waals surface area contributed by atoms with Crippen LogP contribution < -0.4 is 4.90 Å². The molecule has 9 heteroatoms. The molecular weight excluding hydrogens is 417 g/mol. The van der Waals surface area contributed by atoms with Crippen LogP contribution in [0.2, 0.25) is 0 Å². The SMILES string of the molecule is FC(F)Cn1ncc2ncc(N3CC4CCN(I)CC4C3)nc21. The number of rotatable bonds is 3. The molecule has 6 nitrogen and oxygen atoms in total. The van der Waals surface area contributed by atoms with E-state index in [1.807, 2.05) is 0 Å². The molecule has 2 fully saturated rings. The fourth-order valence-corrected chi connectivity index (χ4v) is 4.35. The molecule has 2 aromatic heterocycles. The molecular formula is C14H17F2IN6. The summed E-state index contributed by atoms with van der Waals surface area (Å²) in [4.78, 5) is 11.1. The van der Waals surface area contributed by atoms with E-state index >= 15 is 0 Å². The Bertz CT molecular complexity index is 708. The fraction of sp³-hybridized carbons (Fsp3) is 0.643. The van der Waals surface area contributed by atoms with Crippen molar-refractivity contribution < 1.29 is 8.78 Å². The molecule has 0 spiro atoms. The van der Waals surface area contributed by atoms with E-state index in [1.165, 1.54) is 17.3 Å². The second-order valence-electron chi connectivity index (χ2n) is 6.24. The van der Waals surface area contributed by atoms with Crippen molar-refractivity contribution >= 4 is 39.8 Å². The van der Waals surface area contributed by atoms with Crippen molar-refractivity contribution in [2.24, 2.45) is 11.8 Å². The summed E-state index contributed by atoms with van der Waals surface area (Å²) in [7, 11) is 0. The molecule has 2 aromatic rings. The van der Waals surface area contributed by atoms with Crippen LogP contribution >= 0.6 is 22.9 Å². The first-order valence-electron chi connectivity index (χ1n) is 7.72. The van der Waals surface area contributed by atoms with E-state index < -0.39 is 13.0 Å². The number of piperidine rings is 1. The Morgan fingerprint density at radius 1 is 1.22 bits per heavy atom. The standard InChI is InChI=1S/C14H17F2IN6/c15-12(16)8-23-14-11(3-19-23)18-4-13(20-14)21-5-9-1-2-22(17)7-10(9)6-21/h3-4,9-10,12H,1-2,5-8H2. The Balaban J connectivity index is 1.59. The van der Waals surface area contributed by atoms with E-state index in [0.717, 1.165) is 32.0 Å². The highest BCUT2D eigenvalue weighted by Gasteiger charge is 2.37. The van der Waals surface area contributed by atoms with Crippen molar-refractivity contribution in [3.63, 3.8) is 0 Å². The summed E-state index contributed by atoms with van der Waals surface area (Å²) in [6.45, 7) is 3.70. The summed E-state index contributed by atoms with van der Waals surface area (Å²) in [6.07, 6.45) is 1.97. The third kappa shape index (κ3) is 3.00. The number of nitrogens with zero attached hydrogens (tertiary/aromatic N) is 6. The first-order valence-corrected chi connectivity index (χ1v) is 8.69. The van der Waals surface area contributed by atoms with Gasteiger partial charge in [0.1, 0.15) is 17.9 Å². The number of hydrogen-bond donors (Lipinski definition) is 0. The fourth-order valence-electron chi connectivity index (χ4n) is 3.57. The molecule has 2 aliphatic heterocycles. The van der Waals surface area contributed by atoms with Gasteiger partial charge in [0, 0.05) is 49.0 Å². The number of aromatic nitrogens is 4. The second-order valence-corrected chi connectivity index (χ2v) is 7.60. The maximum Gasteiger partial charge on any atom is 0.258 e. The van der Waals surface area contributed by atoms with Crippen molar-refractivity contribution in [2.75, 3.05) is 31.1 Å². The van der Waals surface area contributed by atoms with Crippen LogP contribution in [0, 0.1) is 11.8 Å². The molecule has 124 valence electrons. The number of alkyl halides is 2. The van der Waals surface area contributed by atoms with E-state index in [9.17, 15) is 8.78 Å². The monoisotopic (exact) mass is 434 g/mol. The summed E-state index contributed by atoms with van der Waals surface area (Å²) in [6, 6.07) is 0. The van der Waals surface area contributed by atoms with Gasteiger partial charge in [-0.2, -0.15) is 5.10 Å². The van der Waals surface area contributed by atoms with Gasteiger partial charge in [0.15, 0.2) is 5.65 Å². The van der Waals surface area contributed by atoms with E-state index in [1.54, 1.807) is 6.20 Å². The number of hydrogen-bond acceptors (Lipinski definition) is 5. The predicted molar refractivity (Wildman–Crippen MR) is 90.7 cm³/mol. The smallest absolute Gasteiger partial charge is 0.258 e. The van der Waals surface area contributed by atoms with Crippen LogP contribution in [0.25, 0.3) is 11.2 Å². The van der Waals surface area contributed by atoms with Crippen LogP contribution in [0.5, 0.6) is 0 Å². The van der Waals surface area contributed by atoms with Crippen LogP contribution in [0.3, 0.4) is 0 Å². The van der Waals surface area contributed by atoms with Gasteiger partial charge in [-0.05, 0) is 18.3 Å². The van der Waals surface area contributed by atoms with Crippen molar-refractivity contribution in [2.45, 2.75) is 19.4 Å². The van der Waals surface area contributed by atoms with Gasteiger partial charge in [-0.3, -0.25) is 0 Å². The van der Waals surface area contributed by atoms with Gasteiger partial charge in [0.2, 0.25) is 0 Å². The van der Waals surface area contributed by atoms with E-state index in [4.69, 9.17) is 0 Å². The van der Waals surface area contributed by atoms with Gasteiger partial charge >= 0.3 is 0 Å². The molecule has 2 unspecified atom stereocenters. The molecule has 4 heterocycles. The van der Waals surface area contributed by atoms with Gasteiger partial charge in [-0.1, -0.05) is 0 Å². The molecule has 2 saturated heterocycles. The minimum absolute atomic E-state index is 0.438. The lowest BCUT2D eigenvalue weighted by Gasteiger charge is -2.29. The van der Waals surface area contributed by atoms with Gasteiger partial charge < -0.3 is 4.90 Å². The molecule has 0 saturated carbocycles. The Labute approximate surface area is 146 Å². The zero-order valence-electron chi connectivity index (χ0n) is 12.4. The molecule has 0 N–H and O–H groups in total. The van der Waals surface area contributed by atoms with Crippen molar-refractivity contribution in [1.82, 2.24) is 22.9 Å². The summed E-state index contributed by atoms with van der Waals surface area (Å²) in [5.41, 5.74) is 0.998. The summed E-state index contributed by atoms with van der Waals surface area (Å²) >= 11 is 2.39. The molecule has 0 bridgehead atoms. The highest BCUT2D eigenvalue weighted by molar-refractivity contribution is 14.1. The van der Waals surface area contributed by atoms with Crippen LogP contribution in [0.15, 0.2) is 12.4 Å². The molecule has 0 amide bonds. The topological polar surface area (TPSA) is 50.1 Å². The van der Waals surface area contributed by atoms with Crippen molar-refractivity contribution in [1.29, 1.82) is 0 Å². The number of halogens is 3. The quantitative estimate of drug-likeness (QED) is 0.548. The Morgan fingerprint density at radius 2 is 2.04 bits per heavy atom. The number of anilines is 1. The van der Waals surface area contributed by atoms with E-state index in [0.29, 0.717) is 23.0 Å². The summed E-state index contributed by atoms with van der Waals surface area (Å²) in [5.74, 6) is 2.09. The molecule has 0 aliphatic carbocycles. The average Bonchev–Trinajstić information content (AvgIpc) is 3.10. The minimum Gasteiger partial charge on any atom is -0.355 e. The lowest BCUT2D eigenvalue weighted by molar-refractivity contribution is 0.123. The minimum atomic E-state index is -2.45. The zero-order chi connectivity index (χ0) is 16.0. The summed E-state index contributed by atoms with van der Waals surface area (Å²) in [5, 5.41) is 3.97. The third-order valence-corrected chi connectivity index (χ3v) is 5.60. The second kappa shape index (κ2) is 6.08. The van der Waals surface area contributed by atoms with Crippen molar-refractivity contribution in [3.05, 3.63) is 12.4 Å². The van der Waals surface area contributed by atoms with Crippen molar-refractivity contribution in [3.8, 4) is 0 Å². The van der Waals surface area contributed by atoms with E-state index in [2.05, 4.69) is 45.9 Å². The van der Waals surface area contributed by atoms with Gasteiger partial charge in [0.05, 0.1) is 12.4 Å². The predicted octanol–water partition coefficient (Wildman–Crippen LogP) is 2.20. The highest BCUT2D eigenvalue weighted by atomic mass is 127. The number of fused-ring (bicyclic) bond motifs is 2. The Hall–Kier alpha value is -1.10.